The number of carboxylic acids is 1. The van der Waals surface area contributed by atoms with Gasteiger partial charge in [-0.2, -0.15) is 0 Å². The highest BCUT2D eigenvalue weighted by atomic mass is 16.5. The van der Waals surface area contributed by atoms with Gasteiger partial charge in [-0.3, -0.25) is 57.5 Å². The fourth-order valence-electron chi connectivity index (χ4n) is 6.91. The minimum absolute atomic E-state index is 0.0107. The molecule has 0 saturated carbocycles. The van der Waals surface area contributed by atoms with Gasteiger partial charge in [0.25, 0.3) is 0 Å². The van der Waals surface area contributed by atoms with E-state index >= 15 is 0 Å². The molecule has 3 atom stereocenters. The number of anilines is 1. The standard InChI is InChI=1S/C49H80N12O14/c1-29(2)20-33(44(72)55-27-41(68)61-49(10,11)46(74)56-28-40(67)60-47(6,7)16-19-75-48(8,9)23-31(4)62)58-39(66)26-53-43(71)32(5)57-37(64)25-54-45(73)34(22-42(69)70)59-38(65)24-52-36(63)14-12-13-17-50-35-21-30(3)15-18-51-35/h15,18,21,29,32-34H,12-14,16-17,19-20,22-28H2,1-11H3,(H,50,51)(H,52,63)(H,53,71)(H,54,73)(H,55,72)(H,56,74)(H,57,64)(H,58,66)(H,59,65)(H,60,67)(H,61,68)(H,69,70)/t32-,33-,34-/m0/s1. The van der Waals surface area contributed by atoms with E-state index in [0.717, 1.165) is 5.56 Å². The Kier molecular flexibility index (Phi) is 28.2. The molecule has 0 unspecified atom stereocenters. The third-order valence-corrected chi connectivity index (χ3v) is 10.7. The van der Waals surface area contributed by atoms with Gasteiger partial charge in [-0.15, -0.1) is 0 Å². The smallest absolute Gasteiger partial charge is 0.305 e. The summed E-state index contributed by atoms with van der Waals surface area (Å²) in [6, 6.07) is -0.273. The number of ketones is 1. The molecule has 1 heterocycles. The van der Waals surface area contributed by atoms with Crippen LogP contribution in [-0.2, 0) is 62.3 Å². The summed E-state index contributed by atoms with van der Waals surface area (Å²) >= 11 is 0. The predicted octanol–water partition coefficient (Wildman–Crippen LogP) is -1.50. The van der Waals surface area contributed by atoms with E-state index in [9.17, 15) is 62.6 Å². The highest BCUT2D eigenvalue weighted by Crippen LogP contribution is 2.18. The van der Waals surface area contributed by atoms with Crippen molar-refractivity contribution in [2.75, 3.05) is 51.2 Å². The molecule has 0 aliphatic heterocycles. The Hall–Kier alpha value is -7.25. The van der Waals surface area contributed by atoms with Crippen LogP contribution in [0.3, 0.4) is 0 Å². The number of unbranched alkanes of at least 4 members (excludes halogenated alkanes) is 1. The molecular formula is C49H80N12O14. The van der Waals surface area contributed by atoms with Gasteiger partial charge in [0.05, 0.1) is 44.7 Å². The number of hydrogen-bond acceptors (Lipinski definition) is 15. The molecule has 12 N–H and O–H groups in total. The molecule has 0 saturated heterocycles. The number of aryl methyl sites for hydroxylation is 1. The number of nitrogens with zero attached hydrogens (tertiary/aromatic N) is 1. The third kappa shape index (κ3) is 29.9. The van der Waals surface area contributed by atoms with E-state index in [-0.39, 0.29) is 37.6 Å². The SMILES string of the molecule is CC(=O)CC(C)(C)OCCC(C)(C)NC(=O)CNC(=O)C(C)(C)NC(=O)CNC(=O)[C@H](CC(C)C)NC(=O)CNC(=O)[C@H](C)NC(=O)CNC(=O)[C@H](CC(=O)O)NC(=O)CNC(=O)CCCCNc1cc(C)ccn1. The first kappa shape index (κ1) is 65.8. The summed E-state index contributed by atoms with van der Waals surface area (Å²) in [6.07, 6.45) is 2.86. The summed E-state index contributed by atoms with van der Waals surface area (Å²) in [7, 11) is 0. The molecule has 0 spiro atoms. The molecule has 1 aromatic rings. The summed E-state index contributed by atoms with van der Waals surface area (Å²) in [6.45, 7) is 16.1. The molecule has 26 heteroatoms. The van der Waals surface area contributed by atoms with Crippen LogP contribution in [0.1, 0.15) is 120 Å². The quantitative estimate of drug-likeness (QED) is 0.0344. The zero-order chi connectivity index (χ0) is 57.1. The Balaban J connectivity index is 2.55. The lowest BCUT2D eigenvalue weighted by Gasteiger charge is -2.30. The first-order valence-corrected chi connectivity index (χ1v) is 24.7. The van der Waals surface area contributed by atoms with Crippen LogP contribution in [0.4, 0.5) is 5.82 Å². The molecule has 0 aliphatic rings. The van der Waals surface area contributed by atoms with Crippen molar-refractivity contribution in [2.24, 2.45) is 5.92 Å². The number of Topliss-reactive ketones (excluding diaryl/α,β-unsaturated/α-hetero) is 1. The van der Waals surface area contributed by atoms with Crippen molar-refractivity contribution in [1.29, 1.82) is 0 Å². The predicted molar refractivity (Wildman–Crippen MR) is 274 cm³/mol. The van der Waals surface area contributed by atoms with Gasteiger partial charge in [0.1, 0.15) is 35.3 Å². The van der Waals surface area contributed by atoms with Gasteiger partial charge in [0.2, 0.25) is 59.1 Å². The number of rotatable bonds is 35. The Labute approximate surface area is 438 Å². The highest BCUT2D eigenvalue weighted by molar-refractivity contribution is 5.97. The van der Waals surface area contributed by atoms with E-state index in [1.807, 2.05) is 19.1 Å². The van der Waals surface area contributed by atoms with Crippen LogP contribution in [0.15, 0.2) is 18.3 Å². The number of aliphatic carboxylic acids is 1. The van der Waals surface area contributed by atoms with E-state index < -0.39 is 139 Å². The van der Waals surface area contributed by atoms with Crippen LogP contribution in [-0.4, -0.2) is 162 Å². The Morgan fingerprint density at radius 1 is 0.653 bits per heavy atom. The Morgan fingerprint density at radius 2 is 1.19 bits per heavy atom. The molecule has 0 aromatic carbocycles. The minimum Gasteiger partial charge on any atom is -0.481 e. The van der Waals surface area contributed by atoms with Crippen LogP contribution >= 0.6 is 0 Å². The van der Waals surface area contributed by atoms with E-state index in [2.05, 4.69) is 63.5 Å². The minimum atomic E-state index is -1.62. The zero-order valence-corrected chi connectivity index (χ0v) is 45.1. The Bertz CT molecular complexity index is 2180. The van der Waals surface area contributed by atoms with Crippen molar-refractivity contribution in [3.05, 3.63) is 23.9 Å². The third-order valence-electron chi connectivity index (χ3n) is 10.7. The number of pyridine rings is 1. The maximum atomic E-state index is 13.1. The topological polar surface area (TPSA) is 380 Å². The van der Waals surface area contributed by atoms with Gasteiger partial charge in [0, 0.05) is 37.7 Å². The maximum absolute atomic E-state index is 13.1. The summed E-state index contributed by atoms with van der Waals surface area (Å²) in [4.78, 5) is 155. The monoisotopic (exact) mass is 1060 g/mol. The van der Waals surface area contributed by atoms with Crippen LogP contribution in [0.2, 0.25) is 0 Å². The second kappa shape index (κ2) is 32.1. The molecule has 75 heavy (non-hydrogen) atoms. The van der Waals surface area contributed by atoms with Crippen molar-refractivity contribution in [2.45, 2.75) is 156 Å². The fraction of sp³-hybridized carbons (Fsp3) is 0.653. The lowest BCUT2D eigenvalue weighted by Crippen LogP contribution is -2.58. The van der Waals surface area contributed by atoms with Crippen LogP contribution in [0.25, 0.3) is 0 Å². The molecule has 26 nitrogen and oxygen atoms in total. The average Bonchev–Trinajstić information content (AvgIpc) is 3.28. The molecule has 0 fully saturated rings. The van der Waals surface area contributed by atoms with E-state index in [1.54, 1.807) is 47.7 Å². The Morgan fingerprint density at radius 3 is 1.77 bits per heavy atom. The summed E-state index contributed by atoms with van der Waals surface area (Å²) < 4.78 is 5.82. The fourth-order valence-corrected chi connectivity index (χ4v) is 6.91. The first-order chi connectivity index (χ1) is 34.8. The molecule has 10 amide bonds. The van der Waals surface area contributed by atoms with E-state index in [4.69, 9.17) is 4.74 Å². The first-order valence-electron chi connectivity index (χ1n) is 24.7. The number of aromatic nitrogens is 1. The normalized spacial score (nSPS) is 12.6. The summed E-state index contributed by atoms with van der Waals surface area (Å²) in [5, 5.41) is 36.6. The van der Waals surface area contributed by atoms with Gasteiger partial charge in [-0.25, -0.2) is 4.98 Å². The molecule has 1 aromatic heterocycles. The summed E-state index contributed by atoms with van der Waals surface area (Å²) in [5.41, 5.74) is -1.85. The van der Waals surface area contributed by atoms with Crippen LogP contribution in [0, 0.1) is 12.8 Å². The van der Waals surface area contributed by atoms with Gasteiger partial charge < -0.3 is 68.3 Å². The van der Waals surface area contributed by atoms with E-state index in [0.29, 0.717) is 31.6 Å². The molecular weight excluding hydrogens is 981 g/mol. The number of amides is 10. The second-order valence-electron chi connectivity index (χ2n) is 20.3. The van der Waals surface area contributed by atoms with Gasteiger partial charge in [-0.05, 0) is 112 Å². The highest BCUT2D eigenvalue weighted by Gasteiger charge is 2.32. The molecule has 0 bridgehead atoms. The van der Waals surface area contributed by atoms with E-state index in [1.165, 1.54) is 27.7 Å². The van der Waals surface area contributed by atoms with Gasteiger partial charge in [0.15, 0.2) is 0 Å². The molecule has 1 rings (SSSR count). The lowest BCUT2D eigenvalue weighted by molar-refractivity contribution is -0.141. The second-order valence-corrected chi connectivity index (χ2v) is 20.3. The molecule has 0 radical (unpaired) electrons. The number of nitrogens with one attached hydrogen (secondary N) is 11. The molecule has 0 aliphatic carbocycles. The molecule has 420 valence electrons. The maximum Gasteiger partial charge on any atom is 0.305 e. The van der Waals surface area contributed by atoms with Crippen molar-refractivity contribution < 1.29 is 67.4 Å². The van der Waals surface area contributed by atoms with Crippen LogP contribution < -0.4 is 58.5 Å². The number of carbonyl (C=O) groups excluding carboxylic acids is 11. The average molecular weight is 1060 g/mol. The van der Waals surface area contributed by atoms with Crippen molar-refractivity contribution in [1.82, 2.24) is 58.2 Å². The number of carboxylic acid groups (broad SMARTS) is 1. The number of hydrogen-bond donors (Lipinski definition) is 12. The number of carbonyl (C=O) groups is 12. The van der Waals surface area contributed by atoms with Crippen molar-refractivity contribution in [3.8, 4) is 0 Å². The van der Waals surface area contributed by atoms with Gasteiger partial charge in [-0.1, -0.05) is 13.8 Å². The zero-order valence-electron chi connectivity index (χ0n) is 45.1. The van der Waals surface area contributed by atoms with Gasteiger partial charge >= 0.3 is 5.97 Å². The largest absolute Gasteiger partial charge is 0.481 e. The van der Waals surface area contributed by atoms with Crippen molar-refractivity contribution >= 4 is 76.6 Å². The number of ether oxygens (including phenoxy) is 1. The summed E-state index contributed by atoms with van der Waals surface area (Å²) in [5.74, 6) is -8.38. The van der Waals surface area contributed by atoms with Crippen molar-refractivity contribution in [3.63, 3.8) is 0 Å². The lowest BCUT2D eigenvalue weighted by atomic mass is 9.99. The van der Waals surface area contributed by atoms with Crippen LogP contribution in [0.5, 0.6) is 0 Å².